The van der Waals surface area contributed by atoms with Crippen molar-refractivity contribution in [2.45, 2.75) is 49.5 Å². The van der Waals surface area contributed by atoms with Crippen LogP contribution in [0.5, 0.6) is 0 Å². The molecule has 6 N–H and O–H groups in total. The van der Waals surface area contributed by atoms with Crippen LogP contribution in [0.1, 0.15) is 13.3 Å². The predicted octanol–water partition coefficient (Wildman–Crippen LogP) is -3.72. The van der Waals surface area contributed by atoms with Gasteiger partial charge in [0, 0.05) is 0 Å². The van der Waals surface area contributed by atoms with Crippen molar-refractivity contribution >= 4 is 11.9 Å². The third kappa shape index (κ3) is 2.06. The highest BCUT2D eigenvalue weighted by molar-refractivity contribution is 5.83. The maximum atomic E-state index is 11.6. The van der Waals surface area contributed by atoms with E-state index in [4.69, 9.17) is 10.5 Å². The Labute approximate surface area is 112 Å². The van der Waals surface area contributed by atoms with Gasteiger partial charge in [-0.1, -0.05) is 0 Å². The standard InChI is InChI=1S/C10H15NO9/c1-3-6(13)7(14)9(16)10(17,18-3)20-8(15)4(11)2-5(12)19-9/h3-4,6-7,13-14,16-17H,2,11H2,1H3/t3-,4?,6-,7+,9+,10?/m0/s1. The quantitative estimate of drug-likeness (QED) is 0.280. The van der Waals surface area contributed by atoms with Gasteiger partial charge in [0.05, 0.1) is 12.5 Å². The molecule has 0 aromatic rings. The zero-order chi connectivity index (χ0) is 15.3. The molecule has 2 rings (SSSR count). The third-order valence-electron chi connectivity index (χ3n) is 3.20. The molecule has 0 saturated carbocycles. The van der Waals surface area contributed by atoms with Gasteiger partial charge in [0.2, 0.25) is 0 Å². The maximum absolute atomic E-state index is 11.6. The number of fused-ring (bicyclic) bond motifs is 1. The van der Waals surface area contributed by atoms with Crippen molar-refractivity contribution in [3.8, 4) is 0 Å². The Morgan fingerprint density at radius 1 is 1.25 bits per heavy atom. The number of carbonyl (C=O) groups excluding carboxylic acids is 2. The van der Waals surface area contributed by atoms with Crippen molar-refractivity contribution in [2.75, 3.05) is 0 Å². The van der Waals surface area contributed by atoms with E-state index in [0.717, 1.165) is 0 Å². The minimum Gasteiger partial charge on any atom is -0.420 e. The summed E-state index contributed by atoms with van der Waals surface area (Å²) < 4.78 is 13.8. The lowest BCUT2D eigenvalue weighted by Crippen LogP contribution is -2.75. The summed E-state index contributed by atoms with van der Waals surface area (Å²) in [5.41, 5.74) is 5.32. The van der Waals surface area contributed by atoms with Crippen LogP contribution in [0, 0.1) is 0 Å². The maximum Gasteiger partial charge on any atom is 0.399 e. The monoisotopic (exact) mass is 293 g/mol. The third-order valence-corrected chi connectivity index (χ3v) is 3.20. The summed E-state index contributed by atoms with van der Waals surface area (Å²) >= 11 is 0. The molecule has 2 unspecified atom stereocenters. The average molecular weight is 293 g/mol. The molecule has 0 aromatic carbocycles. The molecular weight excluding hydrogens is 278 g/mol. The summed E-state index contributed by atoms with van der Waals surface area (Å²) in [7, 11) is 0. The highest BCUT2D eigenvalue weighted by atomic mass is 16.9. The summed E-state index contributed by atoms with van der Waals surface area (Å²) in [5, 5.41) is 39.7. The molecule has 2 fully saturated rings. The Bertz CT molecular complexity index is 442. The van der Waals surface area contributed by atoms with E-state index in [2.05, 4.69) is 9.47 Å². The molecule has 2 saturated heterocycles. The van der Waals surface area contributed by atoms with Crippen LogP contribution in [0.15, 0.2) is 0 Å². The fourth-order valence-electron chi connectivity index (χ4n) is 1.99. The summed E-state index contributed by atoms with van der Waals surface area (Å²) in [4.78, 5) is 23.1. The van der Waals surface area contributed by atoms with Gasteiger partial charge in [-0.3, -0.25) is 9.59 Å². The molecule has 10 heteroatoms. The number of aliphatic hydroxyl groups excluding tert-OH is 2. The molecule has 2 aliphatic rings. The SMILES string of the molecule is C[C@@H]1OC2(O)OC(=O)C(N)CC(=O)O[C@]2(O)[C@H](O)[C@H]1O. The number of ether oxygens (including phenoxy) is 3. The minimum atomic E-state index is -3.18. The van der Waals surface area contributed by atoms with Gasteiger partial charge in [0.25, 0.3) is 0 Å². The first kappa shape index (κ1) is 15.1. The molecule has 0 bridgehead atoms. The zero-order valence-electron chi connectivity index (χ0n) is 10.4. The molecule has 6 atom stereocenters. The zero-order valence-corrected chi connectivity index (χ0v) is 10.4. The van der Waals surface area contributed by atoms with Crippen LogP contribution in [0.3, 0.4) is 0 Å². The van der Waals surface area contributed by atoms with E-state index in [-0.39, 0.29) is 0 Å². The van der Waals surface area contributed by atoms with Crippen LogP contribution in [-0.4, -0.2) is 68.5 Å². The van der Waals surface area contributed by atoms with Gasteiger partial charge in [-0.15, -0.1) is 0 Å². The van der Waals surface area contributed by atoms with Crippen molar-refractivity contribution in [1.82, 2.24) is 0 Å². The molecule has 0 aliphatic carbocycles. The van der Waals surface area contributed by atoms with Crippen LogP contribution in [0.2, 0.25) is 0 Å². The van der Waals surface area contributed by atoms with Crippen molar-refractivity contribution in [1.29, 1.82) is 0 Å². The normalized spacial score (nSPS) is 49.5. The number of nitrogens with two attached hydrogens (primary N) is 1. The lowest BCUT2D eigenvalue weighted by Gasteiger charge is -2.50. The number of esters is 2. The first-order chi connectivity index (χ1) is 9.10. The van der Waals surface area contributed by atoms with E-state index >= 15 is 0 Å². The molecular formula is C10H15NO9. The second-order valence-electron chi connectivity index (χ2n) is 4.74. The largest absolute Gasteiger partial charge is 0.420 e. The molecule has 2 heterocycles. The van der Waals surface area contributed by atoms with Crippen LogP contribution in [-0.2, 0) is 23.8 Å². The van der Waals surface area contributed by atoms with E-state index in [1.807, 2.05) is 0 Å². The average Bonchev–Trinajstić information content (AvgIpc) is 2.33. The second-order valence-corrected chi connectivity index (χ2v) is 4.74. The highest BCUT2D eigenvalue weighted by Crippen LogP contribution is 2.40. The first-order valence-electron chi connectivity index (χ1n) is 5.79. The Balaban J connectivity index is 2.45. The van der Waals surface area contributed by atoms with E-state index < -0.39 is 54.5 Å². The van der Waals surface area contributed by atoms with Gasteiger partial charge in [-0.05, 0) is 6.92 Å². The predicted molar refractivity (Wildman–Crippen MR) is 57.2 cm³/mol. The molecule has 2 aliphatic heterocycles. The fraction of sp³-hybridized carbons (Fsp3) is 0.800. The summed E-state index contributed by atoms with van der Waals surface area (Å²) in [6, 6.07) is -1.43. The smallest absolute Gasteiger partial charge is 0.399 e. The van der Waals surface area contributed by atoms with Gasteiger partial charge >= 0.3 is 23.7 Å². The second kappa shape index (κ2) is 4.62. The van der Waals surface area contributed by atoms with Crippen LogP contribution >= 0.6 is 0 Å². The van der Waals surface area contributed by atoms with Crippen LogP contribution < -0.4 is 5.73 Å². The topological polar surface area (TPSA) is 169 Å². The van der Waals surface area contributed by atoms with Crippen LogP contribution in [0.4, 0.5) is 0 Å². The molecule has 0 radical (unpaired) electrons. The number of aliphatic hydroxyl groups is 4. The van der Waals surface area contributed by atoms with Gasteiger partial charge in [-0.2, -0.15) is 0 Å². The van der Waals surface area contributed by atoms with Crippen molar-refractivity contribution in [3.05, 3.63) is 0 Å². The lowest BCUT2D eigenvalue weighted by atomic mass is 9.94. The summed E-state index contributed by atoms with van der Waals surface area (Å²) in [6.07, 6.45) is -5.73. The molecule has 20 heavy (non-hydrogen) atoms. The van der Waals surface area contributed by atoms with E-state index in [9.17, 15) is 30.0 Å². The highest BCUT2D eigenvalue weighted by Gasteiger charge is 2.70. The molecule has 114 valence electrons. The van der Waals surface area contributed by atoms with Gasteiger partial charge in [-0.25, -0.2) is 0 Å². The molecule has 10 nitrogen and oxygen atoms in total. The number of rotatable bonds is 0. The van der Waals surface area contributed by atoms with Gasteiger partial charge < -0.3 is 40.4 Å². The summed E-state index contributed by atoms with van der Waals surface area (Å²) in [5.74, 6) is -8.78. The lowest BCUT2D eigenvalue weighted by molar-refractivity contribution is -0.510. The minimum absolute atomic E-state index is 0.643. The molecule has 0 amide bonds. The Morgan fingerprint density at radius 2 is 1.85 bits per heavy atom. The van der Waals surface area contributed by atoms with Crippen molar-refractivity contribution in [3.63, 3.8) is 0 Å². The van der Waals surface area contributed by atoms with Crippen LogP contribution in [0.25, 0.3) is 0 Å². The number of hydrogen-bond donors (Lipinski definition) is 5. The fourth-order valence-corrected chi connectivity index (χ4v) is 1.99. The summed E-state index contributed by atoms with van der Waals surface area (Å²) in [6.45, 7) is 1.24. The number of hydrogen-bond acceptors (Lipinski definition) is 10. The van der Waals surface area contributed by atoms with E-state index in [1.54, 1.807) is 0 Å². The number of carbonyl (C=O) groups is 2. The van der Waals surface area contributed by atoms with Crippen molar-refractivity contribution < 1.29 is 44.2 Å². The van der Waals surface area contributed by atoms with E-state index in [0.29, 0.717) is 0 Å². The van der Waals surface area contributed by atoms with Gasteiger partial charge in [0.1, 0.15) is 12.1 Å². The first-order valence-corrected chi connectivity index (χ1v) is 5.79. The Hall–Kier alpha value is -1.30. The molecule has 0 spiro atoms. The van der Waals surface area contributed by atoms with Gasteiger partial charge in [0.15, 0.2) is 6.10 Å². The van der Waals surface area contributed by atoms with Crippen molar-refractivity contribution in [2.24, 2.45) is 5.73 Å². The van der Waals surface area contributed by atoms with E-state index in [1.165, 1.54) is 6.92 Å². The molecule has 0 aromatic heterocycles. The Kier molecular flexibility index (Phi) is 3.48. The Morgan fingerprint density at radius 3 is 2.45 bits per heavy atom.